The van der Waals surface area contributed by atoms with Gasteiger partial charge in [-0.25, -0.2) is 4.79 Å². The molecule has 2 aromatic carbocycles. The van der Waals surface area contributed by atoms with E-state index in [1.54, 1.807) is 18.2 Å². The molecule has 0 aliphatic carbocycles. The molecule has 1 aromatic heterocycles. The summed E-state index contributed by atoms with van der Waals surface area (Å²) in [4.78, 5) is 50.1. The molecular weight excluding hydrogens is 468 g/mol. The van der Waals surface area contributed by atoms with Crippen LogP contribution < -0.4 is 5.32 Å². The number of carbonyl (C=O) groups excluding carboxylic acids is 3. The minimum absolute atomic E-state index is 0.129. The standard InChI is InChI=1S/C26H22N2O6S/c1-14-4-5-16(3)20(10-14)27-23(29)13-28-24(30)22(35-26(28)33)12-18-8-9-21(34-18)19-11-17(25(31)32)7-6-15(19)2/h4-12H,13H2,1-3H3,(H,27,29)(H,31,32)/b22-12-. The smallest absolute Gasteiger partial charge is 0.335 e. The Balaban J connectivity index is 1.49. The fourth-order valence-electron chi connectivity index (χ4n) is 3.57. The lowest BCUT2D eigenvalue weighted by molar-refractivity contribution is -0.127. The number of anilines is 1. The molecule has 178 valence electrons. The summed E-state index contributed by atoms with van der Waals surface area (Å²) in [5.41, 5.74) is 4.04. The van der Waals surface area contributed by atoms with Crippen molar-refractivity contribution in [2.75, 3.05) is 11.9 Å². The van der Waals surface area contributed by atoms with Crippen LogP contribution in [0, 0.1) is 20.8 Å². The largest absolute Gasteiger partial charge is 0.478 e. The molecule has 2 heterocycles. The van der Waals surface area contributed by atoms with Gasteiger partial charge < -0.3 is 14.8 Å². The molecule has 0 unspecified atom stereocenters. The van der Waals surface area contributed by atoms with Gasteiger partial charge >= 0.3 is 5.97 Å². The summed E-state index contributed by atoms with van der Waals surface area (Å²) in [5.74, 6) is -1.35. The van der Waals surface area contributed by atoms with Gasteiger partial charge in [0.05, 0.1) is 10.5 Å². The zero-order valence-corrected chi connectivity index (χ0v) is 20.1. The maximum atomic E-state index is 12.8. The molecule has 0 radical (unpaired) electrons. The number of nitrogens with zero attached hydrogens (tertiary/aromatic N) is 1. The highest BCUT2D eigenvalue weighted by atomic mass is 32.2. The van der Waals surface area contributed by atoms with Crippen LogP contribution >= 0.6 is 11.8 Å². The van der Waals surface area contributed by atoms with Gasteiger partial charge in [0.2, 0.25) is 5.91 Å². The van der Waals surface area contributed by atoms with Crippen LogP contribution in [0.15, 0.2) is 57.9 Å². The number of benzene rings is 2. The molecule has 0 saturated carbocycles. The fourth-order valence-corrected chi connectivity index (χ4v) is 4.38. The summed E-state index contributed by atoms with van der Waals surface area (Å²) >= 11 is 0.726. The van der Waals surface area contributed by atoms with Crippen molar-refractivity contribution in [1.29, 1.82) is 0 Å². The number of furan rings is 1. The molecule has 1 saturated heterocycles. The van der Waals surface area contributed by atoms with E-state index in [0.29, 0.717) is 22.8 Å². The number of hydrogen-bond acceptors (Lipinski definition) is 6. The maximum Gasteiger partial charge on any atom is 0.335 e. The third-order valence-corrected chi connectivity index (χ3v) is 6.40. The first-order chi connectivity index (χ1) is 16.6. The summed E-state index contributed by atoms with van der Waals surface area (Å²) < 4.78 is 5.81. The van der Waals surface area contributed by atoms with E-state index >= 15 is 0 Å². The quantitative estimate of drug-likeness (QED) is 0.454. The minimum atomic E-state index is -1.05. The number of rotatable bonds is 6. The Morgan fingerprint density at radius 3 is 2.51 bits per heavy atom. The van der Waals surface area contributed by atoms with E-state index in [2.05, 4.69) is 5.32 Å². The molecule has 4 rings (SSSR count). The van der Waals surface area contributed by atoms with Gasteiger partial charge in [-0.2, -0.15) is 0 Å². The topological polar surface area (TPSA) is 117 Å². The lowest BCUT2D eigenvalue weighted by Gasteiger charge is -2.14. The summed E-state index contributed by atoms with van der Waals surface area (Å²) in [6.45, 7) is 5.19. The lowest BCUT2D eigenvalue weighted by Crippen LogP contribution is -2.36. The Labute approximate surface area is 205 Å². The van der Waals surface area contributed by atoms with Crippen molar-refractivity contribution in [1.82, 2.24) is 4.90 Å². The molecule has 1 fully saturated rings. The number of thioether (sulfide) groups is 1. The number of nitrogens with one attached hydrogen (secondary N) is 1. The molecule has 1 aliphatic heterocycles. The Morgan fingerprint density at radius 2 is 1.77 bits per heavy atom. The molecule has 9 heteroatoms. The van der Waals surface area contributed by atoms with Crippen LogP contribution in [0.4, 0.5) is 10.5 Å². The van der Waals surface area contributed by atoms with Gasteiger partial charge in [0.25, 0.3) is 11.1 Å². The number of carboxylic acid groups (broad SMARTS) is 1. The van der Waals surface area contributed by atoms with Gasteiger partial charge in [-0.1, -0.05) is 18.2 Å². The van der Waals surface area contributed by atoms with Crippen molar-refractivity contribution in [3.05, 3.63) is 81.5 Å². The summed E-state index contributed by atoms with van der Waals surface area (Å²) in [6.07, 6.45) is 1.44. The molecule has 0 bridgehead atoms. The number of carbonyl (C=O) groups is 4. The van der Waals surface area contributed by atoms with E-state index in [9.17, 15) is 24.3 Å². The van der Waals surface area contributed by atoms with Crippen LogP contribution in [-0.2, 0) is 9.59 Å². The maximum absolute atomic E-state index is 12.8. The Bertz CT molecular complexity index is 1400. The van der Waals surface area contributed by atoms with Crippen LogP contribution in [0.3, 0.4) is 0 Å². The molecule has 35 heavy (non-hydrogen) atoms. The predicted molar refractivity (Wildman–Crippen MR) is 133 cm³/mol. The Hall–Kier alpha value is -4.11. The van der Waals surface area contributed by atoms with E-state index < -0.39 is 29.6 Å². The Kier molecular flexibility index (Phi) is 6.61. The van der Waals surface area contributed by atoms with Crippen LogP contribution in [-0.4, -0.2) is 39.6 Å². The first kappa shape index (κ1) is 24.0. The highest BCUT2D eigenvalue weighted by Crippen LogP contribution is 2.34. The number of imide groups is 1. The van der Waals surface area contributed by atoms with Crippen molar-refractivity contribution >= 4 is 46.5 Å². The van der Waals surface area contributed by atoms with E-state index in [1.807, 2.05) is 39.0 Å². The van der Waals surface area contributed by atoms with E-state index in [1.165, 1.54) is 18.2 Å². The van der Waals surface area contributed by atoms with Crippen molar-refractivity contribution in [3.63, 3.8) is 0 Å². The first-order valence-electron chi connectivity index (χ1n) is 10.7. The zero-order chi connectivity index (χ0) is 25.3. The van der Waals surface area contributed by atoms with Crippen LogP contribution in [0.2, 0.25) is 0 Å². The van der Waals surface area contributed by atoms with E-state index in [4.69, 9.17) is 4.42 Å². The number of carboxylic acids is 1. The van der Waals surface area contributed by atoms with Gasteiger partial charge in [0.15, 0.2) is 0 Å². The minimum Gasteiger partial charge on any atom is -0.478 e. The zero-order valence-electron chi connectivity index (χ0n) is 19.2. The number of aromatic carboxylic acids is 1. The summed E-state index contributed by atoms with van der Waals surface area (Å²) in [5, 5.41) is 11.4. The number of hydrogen-bond donors (Lipinski definition) is 2. The average Bonchev–Trinajstić information content (AvgIpc) is 3.36. The highest BCUT2D eigenvalue weighted by Gasteiger charge is 2.36. The van der Waals surface area contributed by atoms with Gasteiger partial charge in [0, 0.05) is 17.3 Å². The summed E-state index contributed by atoms with van der Waals surface area (Å²) in [6, 6.07) is 13.6. The normalized spacial score (nSPS) is 14.6. The van der Waals surface area contributed by atoms with Crippen LogP contribution in [0.25, 0.3) is 17.4 Å². The van der Waals surface area contributed by atoms with Crippen molar-refractivity contribution in [3.8, 4) is 11.3 Å². The highest BCUT2D eigenvalue weighted by molar-refractivity contribution is 8.18. The predicted octanol–water partition coefficient (Wildman–Crippen LogP) is 5.25. The average molecular weight is 491 g/mol. The molecule has 2 N–H and O–H groups in total. The number of amides is 3. The van der Waals surface area contributed by atoms with Gasteiger partial charge in [-0.3, -0.25) is 19.3 Å². The molecular formula is C26H22N2O6S. The fraction of sp³-hybridized carbons (Fsp3) is 0.154. The van der Waals surface area contributed by atoms with Crippen molar-refractivity contribution < 1.29 is 28.7 Å². The van der Waals surface area contributed by atoms with E-state index in [0.717, 1.165) is 33.4 Å². The second-order valence-electron chi connectivity index (χ2n) is 8.17. The van der Waals surface area contributed by atoms with Crippen LogP contribution in [0.5, 0.6) is 0 Å². The third-order valence-electron chi connectivity index (χ3n) is 5.49. The lowest BCUT2D eigenvalue weighted by atomic mass is 10.0. The molecule has 3 amide bonds. The van der Waals surface area contributed by atoms with Crippen LogP contribution in [0.1, 0.15) is 32.8 Å². The Morgan fingerprint density at radius 1 is 1.03 bits per heavy atom. The molecule has 0 spiro atoms. The van der Waals surface area contributed by atoms with Crippen molar-refractivity contribution in [2.45, 2.75) is 20.8 Å². The SMILES string of the molecule is Cc1ccc(C)c(NC(=O)CN2C(=O)S/C(=C\c3ccc(-c4cc(C(=O)O)ccc4C)o3)C2=O)c1. The van der Waals surface area contributed by atoms with Gasteiger partial charge in [-0.05, 0) is 79.6 Å². The second-order valence-corrected chi connectivity index (χ2v) is 9.16. The summed E-state index contributed by atoms with van der Waals surface area (Å²) in [7, 11) is 0. The molecule has 8 nitrogen and oxygen atoms in total. The molecule has 1 aliphatic rings. The number of aryl methyl sites for hydroxylation is 3. The van der Waals surface area contributed by atoms with Gasteiger partial charge in [-0.15, -0.1) is 0 Å². The van der Waals surface area contributed by atoms with E-state index in [-0.39, 0.29) is 10.5 Å². The van der Waals surface area contributed by atoms with Crippen molar-refractivity contribution in [2.24, 2.45) is 0 Å². The van der Waals surface area contributed by atoms with Gasteiger partial charge in [0.1, 0.15) is 18.1 Å². The molecule has 0 atom stereocenters. The first-order valence-corrected chi connectivity index (χ1v) is 11.5. The second kappa shape index (κ2) is 9.63. The monoisotopic (exact) mass is 490 g/mol. The third kappa shape index (κ3) is 5.20. The molecule has 3 aromatic rings.